The fraction of sp³-hybridized carbons (Fsp3) is 0.750. The Morgan fingerprint density at radius 1 is 1.22 bits per heavy atom. The molecule has 0 atom stereocenters. The van der Waals surface area contributed by atoms with E-state index in [2.05, 4.69) is 17.5 Å². The van der Waals surface area contributed by atoms with Gasteiger partial charge in [-0.3, -0.25) is 0 Å². The molecule has 2 rings (SSSR count). The molecule has 0 bridgehead atoms. The minimum atomic E-state index is 0.658. The normalized spacial score (nSPS) is 30.2. The van der Waals surface area contributed by atoms with Gasteiger partial charge in [0, 0.05) is 0 Å². The Balaban J connectivity index is 2.02. The van der Waals surface area contributed by atoms with Crippen molar-refractivity contribution in [2.75, 3.05) is 13.1 Å². The highest BCUT2D eigenvalue weighted by molar-refractivity contribution is 5.14. The van der Waals surface area contributed by atoms with E-state index in [4.69, 9.17) is 0 Å². The number of allylic oxidation sites excluding steroid dienone is 2. The van der Waals surface area contributed by atoms with Crippen LogP contribution in [0, 0.1) is 5.41 Å². The summed E-state index contributed by atoms with van der Waals surface area (Å²) in [6, 6.07) is 0. The van der Waals surface area contributed by atoms with Gasteiger partial charge < -0.3 is 5.32 Å². The predicted octanol–water partition coefficient (Wildman–Crippen LogP) is 1.32. The molecule has 1 saturated heterocycles. The Morgan fingerprint density at radius 2 is 1.89 bits per heavy atom. The van der Waals surface area contributed by atoms with Crippen molar-refractivity contribution in [1.82, 2.24) is 5.32 Å². The van der Waals surface area contributed by atoms with Crippen LogP contribution in [0.4, 0.5) is 0 Å². The zero-order valence-corrected chi connectivity index (χ0v) is 5.69. The van der Waals surface area contributed by atoms with Crippen LogP contribution in [-0.4, -0.2) is 13.1 Å². The van der Waals surface area contributed by atoms with Crippen molar-refractivity contribution in [2.24, 2.45) is 5.41 Å². The lowest BCUT2D eigenvalue weighted by atomic mass is 9.70. The van der Waals surface area contributed by atoms with E-state index < -0.39 is 0 Å². The van der Waals surface area contributed by atoms with E-state index in [1.54, 1.807) is 0 Å². The standard InChI is InChI=1S/C8H13N/c1-2-8(3-1)4-6-9-7-5-8/h1-2,9H,3-7H2. The molecule has 1 nitrogen and oxygen atoms in total. The maximum atomic E-state index is 3.37. The van der Waals surface area contributed by atoms with Crippen LogP contribution in [0.3, 0.4) is 0 Å². The summed E-state index contributed by atoms with van der Waals surface area (Å²) in [4.78, 5) is 0. The topological polar surface area (TPSA) is 12.0 Å². The van der Waals surface area contributed by atoms with Crippen LogP contribution in [0.15, 0.2) is 12.2 Å². The molecule has 1 spiro atoms. The van der Waals surface area contributed by atoms with E-state index in [-0.39, 0.29) is 0 Å². The summed E-state index contributed by atoms with van der Waals surface area (Å²) >= 11 is 0. The molecule has 0 saturated carbocycles. The molecule has 0 aromatic heterocycles. The molecule has 0 amide bonds. The lowest BCUT2D eigenvalue weighted by Gasteiger charge is -2.39. The van der Waals surface area contributed by atoms with Crippen LogP contribution in [0.25, 0.3) is 0 Å². The summed E-state index contributed by atoms with van der Waals surface area (Å²) in [5.74, 6) is 0. The third kappa shape index (κ3) is 0.799. The Bertz CT molecular complexity index is 132. The van der Waals surface area contributed by atoms with Gasteiger partial charge in [0.2, 0.25) is 0 Å². The second kappa shape index (κ2) is 1.84. The number of hydrogen-bond donors (Lipinski definition) is 1. The van der Waals surface area contributed by atoms with Crippen molar-refractivity contribution in [3.63, 3.8) is 0 Å². The van der Waals surface area contributed by atoms with E-state index in [1.165, 1.54) is 32.4 Å². The highest BCUT2D eigenvalue weighted by Crippen LogP contribution is 2.40. The number of piperidine rings is 1. The molecule has 0 aromatic rings. The van der Waals surface area contributed by atoms with Crippen molar-refractivity contribution in [3.05, 3.63) is 12.2 Å². The first-order valence-corrected chi connectivity index (χ1v) is 3.80. The Kier molecular flexibility index (Phi) is 1.12. The average molecular weight is 123 g/mol. The Morgan fingerprint density at radius 3 is 2.22 bits per heavy atom. The molecule has 0 unspecified atom stereocenters. The number of nitrogens with one attached hydrogen (secondary N) is 1. The lowest BCUT2D eigenvalue weighted by molar-refractivity contribution is 0.250. The maximum absolute atomic E-state index is 3.37. The van der Waals surface area contributed by atoms with Gasteiger partial charge in [0.1, 0.15) is 0 Å². The summed E-state index contributed by atoms with van der Waals surface area (Å²) < 4.78 is 0. The summed E-state index contributed by atoms with van der Waals surface area (Å²) in [5, 5.41) is 3.37. The molecule has 0 aromatic carbocycles. The van der Waals surface area contributed by atoms with Crippen LogP contribution < -0.4 is 5.32 Å². The SMILES string of the molecule is C1=CC2(C1)CCNCC2. The average Bonchev–Trinajstić information content (AvgIpc) is 1.87. The molecule has 2 aliphatic rings. The molecule has 9 heavy (non-hydrogen) atoms. The van der Waals surface area contributed by atoms with Crippen LogP contribution >= 0.6 is 0 Å². The van der Waals surface area contributed by atoms with E-state index in [0.29, 0.717) is 5.41 Å². The minimum absolute atomic E-state index is 0.658. The Hall–Kier alpha value is -0.300. The molecule has 1 N–H and O–H groups in total. The fourth-order valence-electron chi connectivity index (χ4n) is 1.75. The second-order valence-electron chi connectivity index (χ2n) is 3.22. The largest absolute Gasteiger partial charge is 0.317 e. The number of hydrogen-bond acceptors (Lipinski definition) is 1. The van der Waals surface area contributed by atoms with Gasteiger partial charge in [-0.15, -0.1) is 0 Å². The van der Waals surface area contributed by atoms with E-state index in [9.17, 15) is 0 Å². The van der Waals surface area contributed by atoms with Crippen LogP contribution in [0.5, 0.6) is 0 Å². The first-order chi connectivity index (χ1) is 4.41. The molecule has 1 fully saturated rings. The van der Waals surface area contributed by atoms with Gasteiger partial charge >= 0.3 is 0 Å². The Labute approximate surface area is 56.1 Å². The predicted molar refractivity (Wildman–Crippen MR) is 38.3 cm³/mol. The van der Waals surface area contributed by atoms with E-state index in [0.717, 1.165) is 0 Å². The highest BCUT2D eigenvalue weighted by Gasteiger charge is 2.32. The molecular formula is C8H13N. The van der Waals surface area contributed by atoms with Crippen LogP contribution in [-0.2, 0) is 0 Å². The third-order valence-corrected chi connectivity index (χ3v) is 2.60. The van der Waals surface area contributed by atoms with Crippen LogP contribution in [0.1, 0.15) is 19.3 Å². The lowest BCUT2D eigenvalue weighted by Crippen LogP contribution is -2.37. The van der Waals surface area contributed by atoms with Crippen molar-refractivity contribution in [1.29, 1.82) is 0 Å². The monoisotopic (exact) mass is 123 g/mol. The third-order valence-electron chi connectivity index (χ3n) is 2.60. The zero-order valence-electron chi connectivity index (χ0n) is 5.69. The minimum Gasteiger partial charge on any atom is -0.317 e. The molecule has 1 aliphatic carbocycles. The number of rotatable bonds is 0. The van der Waals surface area contributed by atoms with E-state index >= 15 is 0 Å². The van der Waals surface area contributed by atoms with Crippen molar-refractivity contribution >= 4 is 0 Å². The van der Waals surface area contributed by atoms with Crippen molar-refractivity contribution < 1.29 is 0 Å². The van der Waals surface area contributed by atoms with Crippen LogP contribution in [0.2, 0.25) is 0 Å². The molecule has 1 heterocycles. The van der Waals surface area contributed by atoms with Gasteiger partial charge in [0.15, 0.2) is 0 Å². The first-order valence-electron chi connectivity index (χ1n) is 3.80. The molecule has 0 radical (unpaired) electrons. The summed E-state index contributed by atoms with van der Waals surface area (Å²) in [5.41, 5.74) is 0.658. The van der Waals surface area contributed by atoms with Gasteiger partial charge in [-0.05, 0) is 37.8 Å². The van der Waals surface area contributed by atoms with Gasteiger partial charge in [-0.1, -0.05) is 12.2 Å². The van der Waals surface area contributed by atoms with Crippen molar-refractivity contribution in [2.45, 2.75) is 19.3 Å². The zero-order chi connectivity index (χ0) is 6.16. The second-order valence-corrected chi connectivity index (χ2v) is 3.22. The molecule has 1 aliphatic heterocycles. The maximum Gasteiger partial charge on any atom is -0.00405 e. The van der Waals surface area contributed by atoms with Gasteiger partial charge in [-0.2, -0.15) is 0 Å². The van der Waals surface area contributed by atoms with E-state index in [1.807, 2.05) is 0 Å². The van der Waals surface area contributed by atoms with Crippen molar-refractivity contribution in [3.8, 4) is 0 Å². The summed E-state index contributed by atoms with van der Waals surface area (Å²) in [7, 11) is 0. The summed E-state index contributed by atoms with van der Waals surface area (Å²) in [6.07, 6.45) is 8.76. The first kappa shape index (κ1) is 5.48. The summed E-state index contributed by atoms with van der Waals surface area (Å²) in [6.45, 7) is 2.45. The van der Waals surface area contributed by atoms with Gasteiger partial charge in [-0.25, -0.2) is 0 Å². The highest BCUT2D eigenvalue weighted by atomic mass is 14.9. The fourth-order valence-corrected chi connectivity index (χ4v) is 1.75. The molecule has 50 valence electrons. The molecule has 1 heteroatoms. The van der Waals surface area contributed by atoms with Gasteiger partial charge in [0.25, 0.3) is 0 Å². The smallest absolute Gasteiger partial charge is 0.00405 e. The van der Waals surface area contributed by atoms with Gasteiger partial charge in [0.05, 0.1) is 0 Å². The quantitative estimate of drug-likeness (QED) is 0.479. The molecular weight excluding hydrogens is 110 g/mol.